The third kappa shape index (κ3) is 7.94. The van der Waals surface area contributed by atoms with Gasteiger partial charge in [-0.05, 0) is 67.9 Å². The lowest BCUT2D eigenvalue weighted by atomic mass is 9.99. The van der Waals surface area contributed by atoms with Gasteiger partial charge in [0.2, 0.25) is 0 Å². The first-order valence-electron chi connectivity index (χ1n) is 17.1. The van der Waals surface area contributed by atoms with Crippen molar-refractivity contribution in [3.05, 3.63) is 53.1 Å². The molecule has 4 aliphatic heterocycles. The number of fused-ring (bicyclic) bond motifs is 1. The molecule has 2 N–H and O–H groups in total. The summed E-state index contributed by atoms with van der Waals surface area (Å²) >= 11 is 2.38. The SMILES string of the molecule is COc1cc(C[C@@H](OC(=O)N2CCC(N3CCc4ccccc4NC3=O)CC2)C(=O)N2CCC(N3CCN(I)CC3)CC2)cc(C)c1O. The van der Waals surface area contributed by atoms with Gasteiger partial charge in [0.15, 0.2) is 17.6 Å². The van der Waals surface area contributed by atoms with Gasteiger partial charge in [0.25, 0.3) is 5.91 Å². The monoisotopic (exact) mass is 774 g/mol. The molecule has 260 valence electrons. The molecule has 13 heteroatoms. The largest absolute Gasteiger partial charge is 0.504 e. The van der Waals surface area contributed by atoms with Crippen molar-refractivity contribution in [1.82, 2.24) is 22.7 Å². The Morgan fingerprint density at radius 1 is 0.938 bits per heavy atom. The number of carbonyl (C=O) groups is 3. The van der Waals surface area contributed by atoms with Crippen LogP contribution in [-0.2, 0) is 22.4 Å². The molecular formula is C35H47IN6O6. The second kappa shape index (κ2) is 15.5. The van der Waals surface area contributed by atoms with Gasteiger partial charge in [-0.15, -0.1) is 0 Å². The van der Waals surface area contributed by atoms with E-state index in [9.17, 15) is 19.5 Å². The van der Waals surface area contributed by atoms with E-state index >= 15 is 0 Å². The number of rotatable bonds is 7. The Morgan fingerprint density at radius 3 is 2.31 bits per heavy atom. The number of ether oxygens (including phenoxy) is 2. The van der Waals surface area contributed by atoms with Crippen LogP contribution in [0.1, 0.15) is 42.4 Å². The van der Waals surface area contributed by atoms with Crippen LogP contribution in [0.2, 0.25) is 0 Å². The molecule has 12 nitrogen and oxygen atoms in total. The summed E-state index contributed by atoms with van der Waals surface area (Å²) in [5.41, 5.74) is 3.34. The number of methoxy groups -OCH3 is 1. The van der Waals surface area contributed by atoms with Crippen LogP contribution in [-0.4, -0.2) is 130 Å². The summed E-state index contributed by atoms with van der Waals surface area (Å²) in [5.74, 6) is 0.174. The number of phenolic OH excluding ortho intramolecular Hbond substituents is 1. The minimum absolute atomic E-state index is 0.00868. The molecule has 2 aromatic carbocycles. The number of anilines is 1. The van der Waals surface area contributed by atoms with E-state index in [0.29, 0.717) is 62.9 Å². The number of piperidine rings is 2. The number of hydrogen-bond acceptors (Lipinski definition) is 8. The highest BCUT2D eigenvalue weighted by Gasteiger charge is 2.36. The van der Waals surface area contributed by atoms with Gasteiger partial charge in [-0.25, -0.2) is 12.7 Å². The highest BCUT2D eigenvalue weighted by molar-refractivity contribution is 14.1. The lowest BCUT2D eigenvalue weighted by molar-refractivity contribution is -0.142. The number of carbonyl (C=O) groups excluding carboxylic acids is 3. The van der Waals surface area contributed by atoms with Gasteiger partial charge in [-0.3, -0.25) is 9.69 Å². The number of piperazine rings is 1. The van der Waals surface area contributed by atoms with Crippen LogP contribution >= 0.6 is 22.9 Å². The summed E-state index contributed by atoms with van der Waals surface area (Å²) in [6.07, 6.45) is 2.45. The van der Waals surface area contributed by atoms with Crippen molar-refractivity contribution in [3.63, 3.8) is 0 Å². The molecule has 0 saturated carbocycles. The summed E-state index contributed by atoms with van der Waals surface area (Å²) in [7, 11) is 1.49. The molecule has 2 aromatic rings. The lowest BCUT2D eigenvalue weighted by Crippen LogP contribution is -2.54. The molecule has 0 aromatic heterocycles. The van der Waals surface area contributed by atoms with Crippen molar-refractivity contribution in [3.8, 4) is 11.5 Å². The van der Waals surface area contributed by atoms with Crippen molar-refractivity contribution in [2.24, 2.45) is 0 Å². The van der Waals surface area contributed by atoms with Crippen molar-refractivity contribution >= 4 is 46.6 Å². The van der Waals surface area contributed by atoms with E-state index < -0.39 is 12.2 Å². The first kappa shape index (κ1) is 34.6. The van der Waals surface area contributed by atoms with E-state index in [-0.39, 0.29) is 30.2 Å². The van der Waals surface area contributed by atoms with Gasteiger partial charge in [-0.1, -0.05) is 24.3 Å². The second-order valence-electron chi connectivity index (χ2n) is 13.3. The maximum Gasteiger partial charge on any atom is 0.410 e. The summed E-state index contributed by atoms with van der Waals surface area (Å²) in [6.45, 7) is 8.67. The number of halogens is 1. The number of phenols is 1. The Labute approximate surface area is 296 Å². The fraction of sp³-hybridized carbons (Fsp3) is 0.571. The first-order valence-corrected chi connectivity index (χ1v) is 18.1. The minimum atomic E-state index is -1.02. The first-order chi connectivity index (χ1) is 23.2. The van der Waals surface area contributed by atoms with Crippen LogP contribution in [0.5, 0.6) is 11.5 Å². The number of benzene rings is 2. The highest BCUT2D eigenvalue weighted by Crippen LogP contribution is 2.32. The Bertz CT molecular complexity index is 1470. The smallest absolute Gasteiger partial charge is 0.410 e. The molecule has 1 atom stereocenters. The fourth-order valence-electron chi connectivity index (χ4n) is 7.50. The zero-order valence-electron chi connectivity index (χ0n) is 27.9. The quantitative estimate of drug-likeness (QED) is 0.317. The van der Waals surface area contributed by atoms with Gasteiger partial charge in [0.05, 0.1) is 7.11 Å². The van der Waals surface area contributed by atoms with Gasteiger partial charge < -0.3 is 34.6 Å². The zero-order valence-corrected chi connectivity index (χ0v) is 30.1. The van der Waals surface area contributed by atoms with Crippen LogP contribution < -0.4 is 10.1 Å². The van der Waals surface area contributed by atoms with Crippen LogP contribution in [0.4, 0.5) is 15.3 Å². The number of urea groups is 1. The molecule has 0 bridgehead atoms. The second-order valence-corrected chi connectivity index (χ2v) is 14.7. The Morgan fingerprint density at radius 2 is 1.60 bits per heavy atom. The molecule has 4 aliphatic rings. The maximum atomic E-state index is 14.1. The molecule has 0 aliphatic carbocycles. The predicted octanol–water partition coefficient (Wildman–Crippen LogP) is 4.27. The average molecular weight is 775 g/mol. The van der Waals surface area contributed by atoms with E-state index in [1.165, 1.54) is 7.11 Å². The number of amides is 4. The van der Waals surface area contributed by atoms with Gasteiger partial charge in [0, 0.05) is 106 Å². The molecule has 3 fully saturated rings. The number of hydrogen-bond donors (Lipinski definition) is 2. The number of likely N-dealkylation sites (tertiary alicyclic amines) is 2. The van der Waals surface area contributed by atoms with E-state index in [0.717, 1.165) is 62.3 Å². The number of para-hydroxylation sites is 1. The zero-order chi connectivity index (χ0) is 33.8. The number of aromatic hydroxyl groups is 1. The normalized spacial score (nSPS) is 20.9. The summed E-state index contributed by atoms with van der Waals surface area (Å²) < 4.78 is 13.7. The van der Waals surface area contributed by atoms with Crippen LogP contribution in [0.15, 0.2) is 36.4 Å². The van der Waals surface area contributed by atoms with Crippen molar-refractivity contribution in [1.29, 1.82) is 0 Å². The van der Waals surface area contributed by atoms with Gasteiger partial charge in [-0.2, -0.15) is 0 Å². The molecule has 0 spiro atoms. The molecule has 3 saturated heterocycles. The van der Waals surface area contributed by atoms with Crippen molar-refractivity contribution in [2.45, 2.75) is 63.6 Å². The van der Waals surface area contributed by atoms with E-state index in [2.05, 4.69) is 36.2 Å². The van der Waals surface area contributed by atoms with Crippen molar-refractivity contribution in [2.75, 3.05) is 71.3 Å². The van der Waals surface area contributed by atoms with E-state index in [4.69, 9.17) is 9.47 Å². The molecule has 6 rings (SSSR count). The summed E-state index contributed by atoms with van der Waals surface area (Å²) in [4.78, 5) is 48.7. The van der Waals surface area contributed by atoms with E-state index in [1.54, 1.807) is 24.0 Å². The average Bonchev–Trinajstić information content (AvgIpc) is 3.27. The molecule has 48 heavy (non-hydrogen) atoms. The Kier molecular flexibility index (Phi) is 11.2. The fourth-order valence-corrected chi connectivity index (χ4v) is 7.93. The molecular weight excluding hydrogens is 727 g/mol. The third-order valence-electron chi connectivity index (χ3n) is 10.3. The van der Waals surface area contributed by atoms with Crippen LogP contribution in [0.25, 0.3) is 0 Å². The van der Waals surface area contributed by atoms with Gasteiger partial charge in [0.1, 0.15) is 0 Å². The molecule has 4 heterocycles. The lowest BCUT2D eigenvalue weighted by Gasteiger charge is -2.42. The molecule has 4 amide bonds. The molecule has 0 radical (unpaired) electrons. The number of nitrogens with one attached hydrogen (secondary N) is 1. The standard InChI is InChI=1S/C35H47IN6O6/c1-24-21-25(22-30(47-2)32(24)43)23-31(33(44)39-12-8-27(9-13-39)38-17-19-41(36)20-18-38)48-35(46)40-14-10-28(11-15-40)42-16-7-26-5-3-4-6-29(26)37-34(42)45/h3-6,21-22,27-28,31,43H,7-20,23H2,1-2H3,(H,37,45)/t31-/m1/s1. The van der Waals surface area contributed by atoms with Crippen LogP contribution in [0.3, 0.4) is 0 Å². The molecule has 0 unspecified atom stereocenters. The summed E-state index contributed by atoms with van der Waals surface area (Å²) in [5, 5.41) is 13.4. The topological polar surface area (TPSA) is 118 Å². The Balaban J connectivity index is 1.09. The number of aryl methyl sites for hydroxylation is 1. The van der Waals surface area contributed by atoms with Crippen molar-refractivity contribution < 1.29 is 29.0 Å². The summed E-state index contributed by atoms with van der Waals surface area (Å²) in [6, 6.07) is 11.7. The predicted molar refractivity (Wildman–Crippen MR) is 191 cm³/mol. The maximum absolute atomic E-state index is 14.1. The third-order valence-corrected chi connectivity index (χ3v) is 11.3. The van der Waals surface area contributed by atoms with E-state index in [1.807, 2.05) is 34.1 Å². The number of nitrogens with zero attached hydrogens (tertiary/aromatic N) is 5. The highest BCUT2D eigenvalue weighted by atomic mass is 127. The minimum Gasteiger partial charge on any atom is -0.504 e. The Hall–Kier alpha value is -3.30. The van der Waals surface area contributed by atoms with Gasteiger partial charge >= 0.3 is 12.1 Å². The van der Waals surface area contributed by atoms with Crippen LogP contribution in [0, 0.1) is 6.92 Å².